The van der Waals surface area contributed by atoms with Crippen LogP contribution in [0.25, 0.3) is 0 Å². The Kier molecular flexibility index (Phi) is 2.51. The van der Waals surface area contributed by atoms with E-state index in [0.29, 0.717) is 0 Å². The molecule has 2 aromatic carbocycles. The predicted octanol–water partition coefficient (Wildman–Crippen LogP) is 2.72. The van der Waals surface area contributed by atoms with Gasteiger partial charge in [-0.3, -0.25) is 0 Å². The maximum Gasteiger partial charge on any atom is 0.0915 e. The van der Waals surface area contributed by atoms with Crippen LogP contribution in [0, 0.1) is 0 Å². The van der Waals surface area contributed by atoms with E-state index in [-0.39, 0.29) is 0 Å². The van der Waals surface area contributed by atoms with Crippen molar-refractivity contribution in [1.29, 1.82) is 0 Å². The van der Waals surface area contributed by atoms with E-state index in [1.807, 2.05) is 61.5 Å². The predicted molar refractivity (Wildman–Crippen MR) is 70.2 cm³/mol. The third-order valence-electron chi connectivity index (χ3n) is 4.12. The summed E-state index contributed by atoms with van der Waals surface area (Å²) in [5, 5.41) is 21.1. The summed E-state index contributed by atoms with van der Waals surface area (Å²) >= 11 is 0. The third kappa shape index (κ3) is 1.36. The van der Waals surface area contributed by atoms with E-state index in [1.54, 1.807) is 0 Å². The van der Waals surface area contributed by atoms with Crippen molar-refractivity contribution in [3.63, 3.8) is 0 Å². The van der Waals surface area contributed by atoms with Crippen molar-refractivity contribution in [1.82, 2.24) is 0 Å². The van der Waals surface area contributed by atoms with Gasteiger partial charge in [0.05, 0.1) is 17.6 Å². The second-order valence-electron chi connectivity index (χ2n) is 5.08. The van der Waals surface area contributed by atoms with Crippen LogP contribution in [0.2, 0.25) is 0 Å². The third-order valence-corrected chi connectivity index (χ3v) is 4.12. The van der Waals surface area contributed by atoms with Gasteiger partial charge in [-0.05, 0) is 23.6 Å². The molecule has 92 valence electrons. The zero-order valence-electron chi connectivity index (χ0n) is 10.2. The van der Waals surface area contributed by atoms with Crippen LogP contribution < -0.4 is 0 Å². The van der Waals surface area contributed by atoms with Gasteiger partial charge in [-0.2, -0.15) is 0 Å². The molecule has 1 aliphatic rings. The second kappa shape index (κ2) is 3.94. The zero-order valence-corrected chi connectivity index (χ0v) is 10.2. The van der Waals surface area contributed by atoms with Gasteiger partial charge in [-0.25, -0.2) is 0 Å². The van der Waals surface area contributed by atoms with Gasteiger partial charge in [0.25, 0.3) is 0 Å². The second-order valence-corrected chi connectivity index (χ2v) is 5.08. The lowest BCUT2D eigenvalue weighted by atomic mass is 9.76. The molecule has 3 atom stereocenters. The first-order valence-corrected chi connectivity index (χ1v) is 6.16. The summed E-state index contributed by atoms with van der Waals surface area (Å²) in [6.07, 6.45) is -1.35. The van der Waals surface area contributed by atoms with E-state index in [2.05, 4.69) is 0 Å². The molecule has 2 aromatic rings. The van der Waals surface area contributed by atoms with Crippen molar-refractivity contribution < 1.29 is 10.2 Å². The maximum absolute atomic E-state index is 10.6. The molecule has 2 heteroatoms. The molecule has 3 rings (SSSR count). The topological polar surface area (TPSA) is 40.5 Å². The molecule has 0 aliphatic heterocycles. The van der Waals surface area contributed by atoms with E-state index in [9.17, 15) is 10.2 Å². The van der Waals surface area contributed by atoms with E-state index in [0.717, 1.165) is 16.7 Å². The lowest BCUT2D eigenvalue weighted by molar-refractivity contribution is 0.0147. The van der Waals surface area contributed by atoms with Crippen molar-refractivity contribution >= 4 is 0 Å². The fourth-order valence-corrected chi connectivity index (χ4v) is 2.92. The normalized spacial score (nSPS) is 30.2. The van der Waals surface area contributed by atoms with Crippen molar-refractivity contribution in [2.24, 2.45) is 0 Å². The van der Waals surface area contributed by atoms with E-state index in [1.165, 1.54) is 0 Å². The SMILES string of the molecule is CC1(c2ccccc2)[C@H](O)c2ccccc2[C@@H]1O. The minimum Gasteiger partial charge on any atom is -0.387 e. The highest BCUT2D eigenvalue weighted by Crippen LogP contribution is 2.53. The molecule has 0 saturated carbocycles. The van der Waals surface area contributed by atoms with E-state index < -0.39 is 17.6 Å². The van der Waals surface area contributed by atoms with Gasteiger partial charge in [-0.1, -0.05) is 54.6 Å². The van der Waals surface area contributed by atoms with E-state index in [4.69, 9.17) is 0 Å². The summed E-state index contributed by atoms with van der Waals surface area (Å²) in [5.41, 5.74) is 1.94. The molecule has 0 bridgehead atoms. The molecule has 0 heterocycles. The van der Waals surface area contributed by atoms with Crippen molar-refractivity contribution in [3.05, 3.63) is 71.3 Å². The molecule has 0 spiro atoms. The number of rotatable bonds is 1. The Morgan fingerprint density at radius 2 is 1.22 bits per heavy atom. The van der Waals surface area contributed by atoms with Crippen LogP contribution in [-0.4, -0.2) is 10.2 Å². The highest BCUT2D eigenvalue weighted by atomic mass is 16.3. The van der Waals surface area contributed by atoms with Crippen molar-refractivity contribution in [2.45, 2.75) is 24.5 Å². The molecule has 2 nitrogen and oxygen atoms in total. The molecule has 2 N–H and O–H groups in total. The summed E-state index contributed by atoms with van der Waals surface area (Å²) in [4.78, 5) is 0. The first-order chi connectivity index (χ1) is 8.65. The van der Waals surface area contributed by atoms with Gasteiger partial charge in [0.1, 0.15) is 0 Å². The van der Waals surface area contributed by atoms with Crippen LogP contribution in [0.4, 0.5) is 0 Å². The number of hydrogen-bond donors (Lipinski definition) is 2. The summed E-state index contributed by atoms with van der Waals surface area (Å²) in [6, 6.07) is 17.3. The summed E-state index contributed by atoms with van der Waals surface area (Å²) < 4.78 is 0. The maximum atomic E-state index is 10.6. The van der Waals surface area contributed by atoms with Crippen LogP contribution >= 0.6 is 0 Å². The lowest BCUT2D eigenvalue weighted by Gasteiger charge is -2.32. The first-order valence-electron chi connectivity index (χ1n) is 6.16. The first kappa shape index (κ1) is 11.5. The molecule has 0 saturated heterocycles. The molecule has 1 unspecified atom stereocenters. The largest absolute Gasteiger partial charge is 0.387 e. The van der Waals surface area contributed by atoms with Crippen LogP contribution in [0.1, 0.15) is 35.8 Å². The molecule has 0 aromatic heterocycles. The van der Waals surface area contributed by atoms with Gasteiger partial charge in [0, 0.05) is 0 Å². The Bertz CT molecular complexity index is 533. The van der Waals surface area contributed by atoms with Gasteiger partial charge in [0.2, 0.25) is 0 Å². The standard InChI is InChI=1S/C16H16O2/c1-16(11-7-3-2-4-8-11)14(17)12-9-5-6-10-13(12)15(16)18/h2-10,14-15,17-18H,1H3/t14-,15+,16?. The zero-order chi connectivity index (χ0) is 12.8. The summed E-state index contributed by atoms with van der Waals surface area (Å²) in [7, 11) is 0. The molecule has 18 heavy (non-hydrogen) atoms. The van der Waals surface area contributed by atoms with Crippen molar-refractivity contribution in [3.8, 4) is 0 Å². The molecule has 0 fully saturated rings. The van der Waals surface area contributed by atoms with Gasteiger partial charge >= 0.3 is 0 Å². The van der Waals surface area contributed by atoms with Gasteiger partial charge in [-0.15, -0.1) is 0 Å². The summed E-state index contributed by atoms with van der Waals surface area (Å²) in [6.45, 7) is 1.91. The van der Waals surface area contributed by atoms with Crippen LogP contribution in [0.5, 0.6) is 0 Å². The Morgan fingerprint density at radius 3 is 1.72 bits per heavy atom. The number of benzene rings is 2. The lowest BCUT2D eigenvalue weighted by Crippen LogP contribution is -2.31. The Balaban J connectivity index is 2.16. The number of aliphatic hydroxyl groups is 2. The monoisotopic (exact) mass is 240 g/mol. The number of fused-ring (bicyclic) bond motifs is 1. The average molecular weight is 240 g/mol. The van der Waals surface area contributed by atoms with Gasteiger partial charge < -0.3 is 10.2 Å². The van der Waals surface area contributed by atoms with E-state index >= 15 is 0 Å². The minimum atomic E-state index is -0.676. The van der Waals surface area contributed by atoms with Crippen molar-refractivity contribution in [2.75, 3.05) is 0 Å². The Labute approximate surface area is 107 Å². The quantitative estimate of drug-likeness (QED) is 0.804. The Hall–Kier alpha value is -1.64. The molecule has 1 aliphatic carbocycles. The molecule has 0 amide bonds. The van der Waals surface area contributed by atoms with Gasteiger partial charge in [0.15, 0.2) is 0 Å². The highest BCUT2D eigenvalue weighted by Gasteiger charge is 2.49. The fourth-order valence-electron chi connectivity index (χ4n) is 2.92. The molecular formula is C16H16O2. The van der Waals surface area contributed by atoms with Crippen LogP contribution in [0.3, 0.4) is 0 Å². The average Bonchev–Trinajstić information content (AvgIpc) is 2.64. The number of aliphatic hydroxyl groups excluding tert-OH is 2. The fraction of sp³-hybridized carbons (Fsp3) is 0.250. The highest BCUT2D eigenvalue weighted by molar-refractivity contribution is 5.46. The smallest absolute Gasteiger partial charge is 0.0915 e. The minimum absolute atomic E-state index is 0.675. The van der Waals surface area contributed by atoms with Crippen LogP contribution in [0.15, 0.2) is 54.6 Å². The summed E-state index contributed by atoms with van der Waals surface area (Å²) in [5.74, 6) is 0. The molecular weight excluding hydrogens is 224 g/mol. The Morgan fingerprint density at radius 1 is 0.778 bits per heavy atom. The van der Waals surface area contributed by atoms with Crippen LogP contribution in [-0.2, 0) is 5.41 Å². The molecule has 0 radical (unpaired) electrons. The number of hydrogen-bond acceptors (Lipinski definition) is 2.